The third-order valence-electron chi connectivity index (χ3n) is 4.65. The highest BCUT2D eigenvalue weighted by atomic mass is 32.1. The molecular formula is C19H21N3O5S. The fourth-order valence-corrected chi connectivity index (χ4v) is 4.33. The number of nitrogens with one attached hydrogen (secondary N) is 2. The lowest BCUT2D eigenvalue weighted by molar-refractivity contribution is -0.385. The lowest BCUT2D eigenvalue weighted by Gasteiger charge is -2.07. The number of thiophene rings is 1. The summed E-state index contributed by atoms with van der Waals surface area (Å²) in [6.07, 6.45) is 6.62. The van der Waals surface area contributed by atoms with Crippen LogP contribution in [0.5, 0.6) is 5.75 Å². The van der Waals surface area contributed by atoms with Crippen LogP contribution in [-0.4, -0.2) is 23.8 Å². The van der Waals surface area contributed by atoms with Crippen LogP contribution >= 0.6 is 11.3 Å². The van der Waals surface area contributed by atoms with Gasteiger partial charge < -0.3 is 4.74 Å². The molecule has 0 unspecified atom stereocenters. The average Bonchev–Trinajstić information content (AvgIpc) is 3.07. The van der Waals surface area contributed by atoms with E-state index >= 15 is 0 Å². The Labute approximate surface area is 166 Å². The number of rotatable bonds is 4. The van der Waals surface area contributed by atoms with Gasteiger partial charge in [0.25, 0.3) is 11.8 Å². The smallest absolute Gasteiger partial charge is 0.311 e. The molecule has 1 aliphatic rings. The number of nitro benzene ring substituents is 1. The van der Waals surface area contributed by atoms with Crippen molar-refractivity contribution in [3.05, 3.63) is 55.3 Å². The molecule has 1 aliphatic carbocycles. The maximum atomic E-state index is 12.4. The maximum Gasteiger partial charge on any atom is 0.311 e. The average molecular weight is 403 g/mol. The van der Waals surface area contributed by atoms with E-state index in [0.717, 1.165) is 31.7 Å². The first kappa shape index (κ1) is 19.8. The molecule has 0 saturated heterocycles. The summed E-state index contributed by atoms with van der Waals surface area (Å²) in [4.78, 5) is 36.9. The van der Waals surface area contributed by atoms with Crippen LogP contribution in [0.4, 0.5) is 5.69 Å². The molecule has 0 spiro atoms. The van der Waals surface area contributed by atoms with E-state index in [1.165, 1.54) is 53.9 Å². The molecule has 0 atom stereocenters. The fraction of sp³-hybridized carbons (Fsp3) is 0.368. The van der Waals surface area contributed by atoms with E-state index in [9.17, 15) is 19.7 Å². The number of hydrazine groups is 1. The topological polar surface area (TPSA) is 111 Å². The zero-order valence-electron chi connectivity index (χ0n) is 15.4. The second kappa shape index (κ2) is 8.83. The highest BCUT2D eigenvalue weighted by molar-refractivity contribution is 7.14. The molecule has 0 saturated carbocycles. The van der Waals surface area contributed by atoms with E-state index in [0.29, 0.717) is 4.88 Å². The van der Waals surface area contributed by atoms with Gasteiger partial charge in [-0.15, -0.1) is 11.3 Å². The van der Waals surface area contributed by atoms with E-state index in [1.807, 2.05) is 6.07 Å². The van der Waals surface area contributed by atoms with Gasteiger partial charge in [-0.25, -0.2) is 0 Å². The van der Waals surface area contributed by atoms with Crippen molar-refractivity contribution in [2.75, 3.05) is 7.11 Å². The monoisotopic (exact) mass is 403 g/mol. The quantitative estimate of drug-likeness (QED) is 0.600. The molecule has 0 fully saturated rings. The SMILES string of the molecule is COc1ccc(C(=O)NNC(=O)c2cc3c(s2)CCCCCC3)cc1[N+](=O)[O-]. The first-order valence-corrected chi connectivity index (χ1v) is 9.86. The fourth-order valence-electron chi connectivity index (χ4n) is 3.18. The number of methoxy groups -OCH3 is 1. The number of nitrogens with zero attached hydrogens (tertiary/aromatic N) is 1. The number of hydrogen-bond acceptors (Lipinski definition) is 6. The highest BCUT2D eigenvalue weighted by Crippen LogP contribution is 2.29. The van der Waals surface area contributed by atoms with Gasteiger partial charge in [-0.3, -0.25) is 30.6 Å². The molecule has 2 aromatic rings. The zero-order valence-corrected chi connectivity index (χ0v) is 16.3. The Kier molecular flexibility index (Phi) is 6.25. The Bertz CT molecular complexity index is 883. The molecule has 1 aromatic heterocycles. The molecule has 1 heterocycles. The van der Waals surface area contributed by atoms with Crippen molar-refractivity contribution in [1.29, 1.82) is 0 Å². The zero-order chi connectivity index (χ0) is 20.1. The van der Waals surface area contributed by atoms with Crippen molar-refractivity contribution in [3.8, 4) is 5.75 Å². The first-order valence-electron chi connectivity index (χ1n) is 9.04. The summed E-state index contributed by atoms with van der Waals surface area (Å²) in [5.41, 5.74) is 5.64. The number of nitro groups is 1. The number of fused-ring (bicyclic) bond motifs is 1. The molecule has 0 radical (unpaired) electrons. The molecule has 0 aliphatic heterocycles. The summed E-state index contributed by atoms with van der Waals surface area (Å²) >= 11 is 1.46. The van der Waals surface area contributed by atoms with Crippen molar-refractivity contribution in [1.82, 2.24) is 10.9 Å². The van der Waals surface area contributed by atoms with Crippen LogP contribution in [0, 0.1) is 10.1 Å². The highest BCUT2D eigenvalue weighted by Gasteiger charge is 2.20. The normalized spacial score (nSPS) is 13.6. The third-order valence-corrected chi connectivity index (χ3v) is 5.88. The van der Waals surface area contributed by atoms with Gasteiger partial charge in [0, 0.05) is 16.5 Å². The molecule has 1 aromatic carbocycles. The van der Waals surface area contributed by atoms with Gasteiger partial charge in [-0.1, -0.05) is 12.8 Å². The summed E-state index contributed by atoms with van der Waals surface area (Å²) in [5.74, 6) is -0.983. The van der Waals surface area contributed by atoms with E-state index in [2.05, 4.69) is 10.9 Å². The van der Waals surface area contributed by atoms with Gasteiger partial charge in [-0.05, 0) is 49.4 Å². The van der Waals surface area contributed by atoms with Gasteiger partial charge in [-0.2, -0.15) is 0 Å². The van der Waals surface area contributed by atoms with Gasteiger partial charge in [0.2, 0.25) is 0 Å². The van der Waals surface area contributed by atoms with Crippen molar-refractivity contribution in [2.45, 2.75) is 38.5 Å². The van der Waals surface area contributed by atoms with Crippen LogP contribution in [0.25, 0.3) is 0 Å². The van der Waals surface area contributed by atoms with Crippen molar-refractivity contribution >= 4 is 28.8 Å². The van der Waals surface area contributed by atoms with E-state index in [-0.39, 0.29) is 17.0 Å². The van der Waals surface area contributed by atoms with Crippen LogP contribution in [0.2, 0.25) is 0 Å². The molecule has 2 amide bonds. The molecule has 28 heavy (non-hydrogen) atoms. The Morgan fingerprint density at radius 2 is 1.79 bits per heavy atom. The van der Waals surface area contributed by atoms with Gasteiger partial charge in [0.1, 0.15) is 0 Å². The Morgan fingerprint density at radius 3 is 2.50 bits per heavy atom. The summed E-state index contributed by atoms with van der Waals surface area (Å²) < 4.78 is 4.91. The largest absolute Gasteiger partial charge is 0.490 e. The summed E-state index contributed by atoms with van der Waals surface area (Å²) in [5, 5.41) is 11.1. The number of ether oxygens (including phenoxy) is 1. The van der Waals surface area contributed by atoms with E-state index in [1.54, 1.807) is 0 Å². The number of carbonyl (C=O) groups is 2. The number of amides is 2. The standard InChI is InChI=1S/C19H21N3O5S/c1-27-15-9-8-13(10-14(15)22(25)26)18(23)20-21-19(24)17-11-12-6-4-2-3-5-7-16(12)28-17/h8-11H,2-7H2,1H3,(H,20,23)(H,21,24). The lowest BCUT2D eigenvalue weighted by atomic mass is 10.00. The number of benzene rings is 1. The van der Waals surface area contributed by atoms with Gasteiger partial charge in [0.15, 0.2) is 5.75 Å². The second-order valence-corrected chi connectivity index (χ2v) is 7.66. The van der Waals surface area contributed by atoms with E-state index < -0.39 is 16.7 Å². The molecule has 8 nitrogen and oxygen atoms in total. The maximum absolute atomic E-state index is 12.4. The Balaban J connectivity index is 1.66. The summed E-state index contributed by atoms with van der Waals surface area (Å²) in [6, 6.07) is 5.74. The molecule has 9 heteroatoms. The molecule has 0 bridgehead atoms. The predicted octanol–water partition coefficient (Wildman–Crippen LogP) is 3.40. The molecule has 3 rings (SSSR count). The summed E-state index contributed by atoms with van der Waals surface area (Å²) in [6.45, 7) is 0. The minimum absolute atomic E-state index is 0.0475. The third kappa shape index (κ3) is 4.48. The number of aryl methyl sites for hydroxylation is 2. The predicted molar refractivity (Wildman–Crippen MR) is 105 cm³/mol. The van der Waals surface area contributed by atoms with Crippen molar-refractivity contribution < 1.29 is 19.2 Å². The Hall–Kier alpha value is -2.94. The van der Waals surface area contributed by atoms with Gasteiger partial charge >= 0.3 is 5.69 Å². The van der Waals surface area contributed by atoms with Crippen LogP contribution in [0.15, 0.2) is 24.3 Å². The minimum Gasteiger partial charge on any atom is -0.490 e. The van der Waals surface area contributed by atoms with Crippen LogP contribution in [-0.2, 0) is 12.8 Å². The lowest BCUT2D eigenvalue weighted by Crippen LogP contribution is -2.41. The van der Waals surface area contributed by atoms with Crippen LogP contribution in [0.3, 0.4) is 0 Å². The molecule has 148 valence electrons. The minimum atomic E-state index is -0.644. The molecule has 2 N–H and O–H groups in total. The van der Waals surface area contributed by atoms with Crippen LogP contribution < -0.4 is 15.6 Å². The van der Waals surface area contributed by atoms with Crippen molar-refractivity contribution in [3.63, 3.8) is 0 Å². The molecular weight excluding hydrogens is 382 g/mol. The van der Waals surface area contributed by atoms with Crippen LogP contribution in [0.1, 0.15) is 56.2 Å². The summed E-state index contributed by atoms with van der Waals surface area (Å²) in [7, 11) is 1.31. The Morgan fingerprint density at radius 1 is 1.07 bits per heavy atom. The number of hydrogen-bond donors (Lipinski definition) is 2. The second-order valence-electron chi connectivity index (χ2n) is 6.53. The van der Waals surface area contributed by atoms with E-state index in [4.69, 9.17) is 4.74 Å². The number of carbonyl (C=O) groups excluding carboxylic acids is 2. The van der Waals surface area contributed by atoms with Gasteiger partial charge in [0.05, 0.1) is 16.9 Å². The van der Waals surface area contributed by atoms with Crippen molar-refractivity contribution in [2.24, 2.45) is 0 Å². The first-order chi connectivity index (χ1) is 13.5.